The molecule has 2 rings (SSSR count). The number of hydrogen-bond acceptors (Lipinski definition) is 4. The van der Waals surface area contributed by atoms with E-state index >= 15 is 0 Å². The fourth-order valence-corrected chi connectivity index (χ4v) is 3.52. The zero-order chi connectivity index (χ0) is 12.3. The zero-order valence-electron chi connectivity index (χ0n) is 11.1. The second-order valence-electron chi connectivity index (χ2n) is 5.02. The molecule has 0 spiro atoms. The van der Waals surface area contributed by atoms with Crippen LogP contribution in [0.3, 0.4) is 0 Å². The summed E-state index contributed by atoms with van der Waals surface area (Å²) in [5.41, 5.74) is 0. The van der Waals surface area contributed by atoms with Gasteiger partial charge in [0.1, 0.15) is 6.04 Å². The van der Waals surface area contributed by atoms with E-state index in [4.69, 9.17) is 4.74 Å². The molecule has 2 unspecified atom stereocenters. The summed E-state index contributed by atoms with van der Waals surface area (Å²) >= 11 is 1.99. The summed E-state index contributed by atoms with van der Waals surface area (Å²) in [6.07, 6.45) is 0. The number of nitrogens with one attached hydrogen (secondary N) is 1. The molecule has 6 heteroatoms. The van der Waals surface area contributed by atoms with E-state index in [1.165, 1.54) is 0 Å². The Kier molecular flexibility index (Phi) is 6.77. The summed E-state index contributed by atoms with van der Waals surface area (Å²) in [6, 6.07) is -0.125. The molecule has 4 nitrogen and oxygen atoms in total. The second-order valence-corrected chi connectivity index (χ2v) is 6.37. The average Bonchev–Trinajstić information content (AvgIpc) is 2.39. The number of carbonyl (C=O) groups excluding carboxylic acids is 1. The van der Waals surface area contributed by atoms with Gasteiger partial charge in [0, 0.05) is 30.6 Å². The Morgan fingerprint density at radius 3 is 2.89 bits per heavy atom. The molecule has 0 radical (unpaired) electrons. The Hall–Kier alpha value is 0.0300. The molecule has 2 aliphatic rings. The van der Waals surface area contributed by atoms with E-state index < -0.39 is 0 Å². The van der Waals surface area contributed by atoms with Gasteiger partial charge in [0.05, 0.1) is 13.2 Å². The van der Waals surface area contributed by atoms with Crippen LogP contribution in [0.15, 0.2) is 0 Å². The van der Waals surface area contributed by atoms with Crippen molar-refractivity contribution >= 4 is 30.1 Å². The third-order valence-electron chi connectivity index (χ3n) is 3.37. The van der Waals surface area contributed by atoms with E-state index in [1.807, 2.05) is 16.7 Å². The van der Waals surface area contributed by atoms with Crippen molar-refractivity contribution in [3.05, 3.63) is 0 Å². The number of nitrogens with zero attached hydrogens (tertiary/aromatic N) is 1. The Bertz CT molecular complexity index is 273. The molecule has 0 aliphatic carbocycles. The third kappa shape index (κ3) is 4.02. The number of rotatable bonds is 2. The van der Waals surface area contributed by atoms with Gasteiger partial charge in [0.25, 0.3) is 0 Å². The van der Waals surface area contributed by atoms with Crippen molar-refractivity contribution in [2.45, 2.75) is 25.1 Å². The van der Waals surface area contributed by atoms with Crippen LogP contribution in [0.4, 0.5) is 0 Å². The maximum absolute atomic E-state index is 12.3. The molecule has 0 bridgehead atoms. The first-order valence-electron chi connectivity index (χ1n) is 6.40. The highest BCUT2D eigenvalue weighted by atomic mass is 35.5. The number of hydrogen-bond donors (Lipinski definition) is 1. The summed E-state index contributed by atoms with van der Waals surface area (Å²) < 4.78 is 5.35. The van der Waals surface area contributed by atoms with Crippen molar-refractivity contribution in [3.8, 4) is 0 Å². The molecule has 2 atom stereocenters. The molecule has 0 aromatic rings. The standard InChI is InChI=1S/C12H22N2O2S.ClH/c1-9(2)11-7-14(4-6-17-11)12(15)10-8-16-5-3-13-10;/h9-11,13H,3-8H2,1-2H3;1H. The van der Waals surface area contributed by atoms with Crippen LogP contribution in [0.25, 0.3) is 0 Å². The summed E-state index contributed by atoms with van der Waals surface area (Å²) in [4.78, 5) is 14.3. The monoisotopic (exact) mass is 294 g/mol. The molecule has 18 heavy (non-hydrogen) atoms. The Balaban J connectivity index is 0.00000162. The maximum Gasteiger partial charge on any atom is 0.242 e. The van der Waals surface area contributed by atoms with Gasteiger partial charge in [0.2, 0.25) is 5.91 Å². The van der Waals surface area contributed by atoms with E-state index in [2.05, 4.69) is 19.2 Å². The van der Waals surface area contributed by atoms with Gasteiger partial charge in [-0.25, -0.2) is 0 Å². The van der Waals surface area contributed by atoms with Crippen molar-refractivity contribution in [2.24, 2.45) is 5.92 Å². The summed E-state index contributed by atoms with van der Waals surface area (Å²) in [5, 5.41) is 3.82. The molecule has 1 N–H and O–H groups in total. The van der Waals surface area contributed by atoms with E-state index in [0.717, 1.165) is 25.4 Å². The minimum absolute atomic E-state index is 0. The van der Waals surface area contributed by atoms with Crippen LogP contribution in [-0.2, 0) is 9.53 Å². The van der Waals surface area contributed by atoms with Gasteiger partial charge in [-0.3, -0.25) is 4.79 Å². The lowest BCUT2D eigenvalue weighted by molar-refractivity contribution is -0.136. The highest BCUT2D eigenvalue weighted by molar-refractivity contribution is 8.00. The summed E-state index contributed by atoms with van der Waals surface area (Å²) in [7, 11) is 0. The van der Waals surface area contributed by atoms with Crippen molar-refractivity contribution in [1.29, 1.82) is 0 Å². The molecule has 2 saturated heterocycles. The predicted molar refractivity (Wildman–Crippen MR) is 77.5 cm³/mol. The van der Waals surface area contributed by atoms with Crippen LogP contribution in [0.2, 0.25) is 0 Å². The first-order valence-corrected chi connectivity index (χ1v) is 7.45. The topological polar surface area (TPSA) is 41.6 Å². The maximum atomic E-state index is 12.3. The molecule has 2 heterocycles. The van der Waals surface area contributed by atoms with Crippen molar-refractivity contribution < 1.29 is 9.53 Å². The van der Waals surface area contributed by atoms with Crippen LogP contribution in [0, 0.1) is 5.92 Å². The highest BCUT2D eigenvalue weighted by Gasteiger charge is 2.31. The highest BCUT2D eigenvalue weighted by Crippen LogP contribution is 2.25. The van der Waals surface area contributed by atoms with E-state index in [9.17, 15) is 4.79 Å². The van der Waals surface area contributed by atoms with Crippen LogP contribution >= 0.6 is 24.2 Å². The van der Waals surface area contributed by atoms with Crippen LogP contribution in [0.1, 0.15) is 13.8 Å². The molecule has 2 fully saturated rings. The third-order valence-corrected chi connectivity index (χ3v) is 4.91. The minimum Gasteiger partial charge on any atom is -0.378 e. The van der Waals surface area contributed by atoms with Crippen molar-refractivity contribution in [1.82, 2.24) is 10.2 Å². The SMILES string of the molecule is CC(C)C1CN(C(=O)C2COCCN2)CCS1.Cl. The van der Waals surface area contributed by atoms with Crippen molar-refractivity contribution in [2.75, 3.05) is 38.6 Å². The molecule has 106 valence electrons. The molecular weight excluding hydrogens is 272 g/mol. The van der Waals surface area contributed by atoms with E-state index in [1.54, 1.807) is 0 Å². The fourth-order valence-electron chi connectivity index (χ4n) is 2.22. The fraction of sp³-hybridized carbons (Fsp3) is 0.917. The number of amides is 1. The quantitative estimate of drug-likeness (QED) is 0.825. The normalized spacial score (nSPS) is 28.9. The molecule has 0 aromatic carbocycles. The van der Waals surface area contributed by atoms with E-state index in [-0.39, 0.29) is 24.4 Å². The Labute approximate surface area is 120 Å². The lowest BCUT2D eigenvalue weighted by atomic mass is 10.1. The smallest absolute Gasteiger partial charge is 0.242 e. The van der Waals surface area contributed by atoms with Gasteiger partial charge in [-0.2, -0.15) is 11.8 Å². The number of halogens is 1. The van der Waals surface area contributed by atoms with Crippen LogP contribution in [-0.4, -0.2) is 60.7 Å². The Morgan fingerprint density at radius 2 is 2.28 bits per heavy atom. The van der Waals surface area contributed by atoms with Gasteiger partial charge < -0.3 is 15.0 Å². The summed E-state index contributed by atoms with van der Waals surface area (Å²) in [6.45, 7) is 8.25. The molecule has 0 aromatic heterocycles. The van der Waals surface area contributed by atoms with Crippen LogP contribution < -0.4 is 5.32 Å². The molecule has 2 aliphatic heterocycles. The number of morpholine rings is 1. The number of ether oxygens (including phenoxy) is 1. The number of carbonyl (C=O) groups is 1. The largest absolute Gasteiger partial charge is 0.378 e. The predicted octanol–water partition coefficient (Wildman–Crippen LogP) is 0.997. The van der Waals surface area contributed by atoms with Gasteiger partial charge in [-0.1, -0.05) is 13.8 Å². The minimum atomic E-state index is -0.125. The zero-order valence-corrected chi connectivity index (χ0v) is 12.7. The molecular formula is C12H23ClN2O2S. The molecule has 0 saturated carbocycles. The number of thioether (sulfide) groups is 1. The van der Waals surface area contributed by atoms with Gasteiger partial charge in [0.15, 0.2) is 0 Å². The van der Waals surface area contributed by atoms with Crippen molar-refractivity contribution in [3.63, 3.8) is 0 Å². The van der Waals surface area contributed by atoms with Crippen LogP contribution in [0.5, 0.6) is 0 Å². The first-order chi connectivity index (χ1) is 8.18. The van der Waals surface area contributed by atoms with Gasteiger partial charge in [-0.15, -0.1) is 12.4 Å². The lowest BCUT2D eigenvalue weighted by Gasteiger charge is -2.37. The average molecular weight is 295 g/mol. The first kappa shape index (κ1) is 16.1. The van der Waals surface area contributed by atoms with Gasteiger partial charge in [-0.05, 0) is 5.92 Å². The Morgan fingerprint density at radius 1 is 1.50 bits per heavy atom. The van der Waals surface area contributed by atoms with Gasteiger partial charge >= 0.3 is 0 Å². The second kappa shape index (κ2) is 7.58. The summed E-state index contributed by atoms with van der Waals surface area (Å²) in [5.74, 6) is 1.91. The van der Waals surface area contributed by atoms with E-state index in [0.29, 0.717) is 24.4 Å². The molecule has 1 amide bonds. The lowest BCUT2D eigenvalue weighted by Crippen LogP contribution is -2.55.